The number of carbonyl (C=O) groups excluding carboxylic acids is 2. The van der Waals surface area contributed by atoms with Crippen molar-refractivity contribution in [2.24, 2.45) is 0 Å². The molecule has 0 aliphatic heterocycles. The molecular weight excluding hydrogens is 254 g/mol. The second kappa shape index (κ2) is 9.09. The first-order valence-electron chi connectivity index (χ1n) is 7.00. The number of rotatable bonds is 8. The summed E-state index contributed by atoms with van der Waals surface area (Å²) in [5, 5.41) is 8.58. The Morgan fingerprint density at radius 2 is 1.80 bits per heavy atom. The summed E-state index contributed by atoms with van der Waals surface area (Å²) in [6.07, 6.45) is 3.43. The molecule has 110 valence electrons. The summed E-state index contributed by atoms with van der Waals surface area (Å²) in [7, 11) is 0. The van der Waals surface area contributed by atoms with Crippen LogP contribution in [0.3, 0.4) is 0 Å². The number of hydrogen-bond acceptors (Lipinski definition) is 3. The van der Waals surface area contributed by atoms with E-state index in [1.807, 2.05) is 0 Å². The SMILES string of the molecule is CCCCCNCC(=O)Nc1cccc(NC(C)=O)c1. The van der Waals surface area contributed by atoms with E-state index in [-0.39, 0.29) is 11.8 Å². The number of anilines is 2. The summed E-state index contributed by atoms with van der Waals surface area (Å²) in [6, 6.07) is 7.09. The lowest BCUT2D eigenvalue weighted by Gasteiger charge is -2.08. The van der Waals surface area contributed by atoms with Crippen molar-refractivity contribution in [3.05, 3.63) is 24.3 Å². The van der Waals surface area contributed by atoms with E-state index >= 15 is 0 Å². The largest absolute Gasteiger partial charge is 0.326 e. The Balaban J connectivity index is 2.36. The van der Waals surface area contributed by atoms with Crippen molar-refractivity contribution in [2.75, 3.05) is 23.7 Å². The molecule has 0 spiro atoms. The average Bonchev–Trinajstić information content (AvgIpc) is 2.38. The highest BCUT2D eigenvalue weighted by atomic mass is 16.2. The normalized spacial score (nSPS) is 10.1. The molecule has 0 bridgehead atoms. The minimum absolute atomic E-state index is 0.0820. The van der Waals surface area contributed by atoms with E-state index in [1.54, 1.807) is 24.3 Å². The van der Waals surface area contributed by atoms with Gasteiger partial charge in [-0.25, -0.2) is 0 Å². The van der Waals surface area contributed by atoms with Gasteiger partial charge in [0.25, 0.3) is 0 Å². The van der Waals surface area contributed by atoms with E-state index in [4.69, 9.17) is 0 Å². The zero-order valence-corrected chi connectivity index (χ0v) is 12.2. The van der Waals surface area contributed by atoms with Gasteiger partial charge in [0.05, 0.1) is 6.54 Å². The molecule has 0 aliphatic carbocycles. The Bertz CT molecular complexity index is 446. The predicted molar refractivity (Wildman–Crippen MR) is 81.8 cm³/mol. The molecule has 0 saturated carbocycles. The van der Waals surface area contributed by atoms with Crippen molar-refractivity contribution < 1.29 is 9.59 Å². The second-order valence-electron chi connectivity index (χ2n) is 4.69. The molecule has 20 heavy (non-hydrogen) atoms. The molecule has 0 saturated heterocycles. The summed E-state index contributed by atoms with van der Waals surface area (Å²) in [4.78, 5) is 22.7. The standard InChI is InChI=1S/C15H23N3O2/c1-3-4-5-9-16-11-15(20)18-14-8-6-7-13(10-14)17-12(2)19/h6-8,10,16H,3-5,9,11H2,1-2H3,(H,17,19)(H,18,20). The summed E-state index contributed by atoms with van der Waals surface area (Å²) < 4.78 is 0. The first-order chi connectivity index (χ1) is 9.61. The van der Waals surface area contributed by atoms with Crippen LogP contribution in [0.25, 0.3) is 0 Å². The number of amides is 2. The predicted octanol–water partition coefficient (Wildman–Crippen LogP) is 2.36. The highest BCUT2D eigenvalue weighted by Crippen LogP contribution is 2.14. The zero-order valence-electron chi connectivity index (χ0n) is 12.2. The van der Waals surface area contributed by atoms with Gasteiger partial charge in [-0.3, -0.25) is 9.59 Å². The quantitative estimate of drug-likeness (QED) is 0.639. The summed E-state index contributed by atoms with van der Waals surface area (Å²) in [5.74, 6) is -0.215. The van der Waals surface area contributed by atoms with Crippen LogP contribution in [0.2, 0.25) is 0 Å². The van der Waals surface area contributed by atoms with Crippen molar-refractivity contribution in [3.63, 3.8) is 0 Å². The first-order valence-corrected chi connectivity index (χ1v) is 7.00. The smallest absolute Gasteiger partial charge is 0.238 e. The van der Waals surface area contributed by atoms with Gasteiger partial charge in [-0.15, -0.1) is 0 Å². The maximum Gasteiger partial charge on any atom is 0.238 e. The summed E-state index contributed by atoms with van der Waals surface area (Å²) in [6.45, 7) is 4.75. The topological polar surface area (TPSA) is 70.2 Å². The highest BCUT2D eigenvalue weighted by molar-refractivity contribution is 5.94. The fourth-order valence-electron chi connectivity index (χ4n) is 1.79. The van der Waals surface area contributed by atoms with Crippen molar-refractivity contribution in [1.82, 2.24) is 5.32 Å². The zero-order chi connectivity index (χ0) is 14.8. The molecule has 5 heteroatoms. The number of nitrogens with one attached hydrogen (secondary N) is 3. The summed E-state index contributed by atoms with van der Waals surface area (Å²) >= 11 is 0. The van der Waals surface area contributed by atoms with Gasteiger partial charge in [0.2, 0.25) is 11.8 Å². The molecule has 5 nitrogen and oxygen atoms in total. The Hall–Kier alpha value is -1.88. The molecule has 1 rings (SSSR count). The van der Waals surface area contributed by atoms with Crippen molar-refractivity contribution in [1.29, 1.82) is 0 Å². The molecule has 0 heterocycles. The fourth-order valence-corrected chi connectivity index (χ4v) is 1.79. The number of unbranched alkanes of at least 4 members (excludes halogenated alkanes) is 2. The Morgan fingerprint density at radius 1 is 1.10 bits per heavy atom. The highest BCUT2D eigenvalue weighted by Gasteiger charge is 2.03. The van der Waals surface area contributed by atoms with Crippen LogP contribution in [-0.2, 0) is 9.59 Å². The fraction of sp³-hybridized carbons (Fsp3) is 0.467. The van der Waals surface area contributed by atoms with E-state index in [1.165, 1.54) is 19.8 Å². The van der Waals surface area contributed by atoms with Gasteiger partial charge in [0, 0.05) is 18.3 Å². The van der Waals surface area contributed by atoms with Crippen LogP contribution >= 0.6 is 0 Å². The molecule has 1 aromatic rings. The number of benzene rings is 1. The number of carbonyl (C=O) groups is 2. The third kappa shape index (κ3) is 6.89. The number of hydrogen-bond donors (Lipinski definition) is 3. The van der Waals surface area contributed by atoms with Crippen LogP contribution < -0.4 is 16.0 Å². The molecule has 0 aliphatic rings. The van der Waals surface area contributed by atoms with E-state index in [0.29, 0.717) is 17.9 Å². The third-order valence-corrected chi connectivity index (χ3v) is 2.71. The van der Waals surface area contributed by atoms with Crippen LogP contribution in [-0.4, -0.2) is 24.9 Å². The molecule has 0 aromatic heterocycles. The lowest BCUT2D eigenvalue weighted by atomic mass is 10.2. The van der Waals surface area contributed by atoms with Gasteiger partial charge in [0.15, 0.2) is 0 Å². The van der Waals surface area contributed by atoms with Crippen molar-refractivity contribution in [2.45, 2.75) is 33.1 Å². The van der Waals surface area contributed by atoms with Gasteiger partial charge < -0.3 is 16.0 Å². The Kier molecular flexibility index (Phi) is 7.35. The lowest BCUT2D eigenvalue weighted by molar-refractivity contribution is -0.115. The lowest BCUT2D eigenvalue weighted by Crippen LogP contribution is -2.28. The maximum absolute atomic E-state index is 11.7. The van der Waals surface area contributed by atoms with Gasteiger partial charge in [0.1, 0.15) is 0 Å². The molecule has 3 N–H and O–H groups in total. The van der Waals surface area contributed by atoms with Gasteiger partial charge in [-0.2, -0.15) is 0 Å². The van der Waals surface area contributed by atoms with E-state index in [9.17, 15) is 9.59 Å². The van der Waals surface area contributed by atoms with Gasteiger partial charge >= 0.3 is 0 Å². The van der Waals surface area contributed by atoms with E-state index in [2.05, 4.69) is 22.9 Å². The van der Waals surface area contributed by atoms with Gasteiger partial charge in [-0.1, -0.05) is 25.8 Å². The minimum atomic E-state index is -0.133. The minimum Gasteiger partial charge on any atom is -0.326 e. The van der Waals surface area contributed by atoms with E-state index < -0.39 is 0 Å². The second-order valence-corrected chi connectivity index (χ2v) is 4.69. The molecule has 0 fully saturated rings. The van der Waals surface area contributed by atoms with Crippen molar-refractivity contribution in [3.8, 4) is 0 Å². The van der Waals surface area contributed by atoms with Gasteiger partial charge in [-0.05, 0) is 31.2 Å². The Morgan fingerprint density at radius 3 is 2.45 bits per heavy atom. The monoisotopic (exact) mass is 277 g/mol. The van der Waals surface area contributed by atoms with Crippen LogP contribution in [0.1, 0.15) is 33.1 Å². The molecule has 2 amide bonds. The summed E-state index contributed by atoms with van der Waals surface area (Å²) in [5.41, 5.74) is 1.35. The molecule has 1 aromatic carbocycles. The van der Waals surface area contributed by atoms with E-state index in [0.717, 1.165) is 13.0 Å². The van der Waals surface area contributed by atoms with Crippen LogP contribution in [0, 0.1) is 0 Å². The van der Waals surface area contributed by atoms with Crippen LogP contribution in [0.4, 0.5) is 11.4 Å². The molecule has 0 atom stereocenters. The molecule has 0 unspecified atom stereocenters. The molecule has 0 radical (unpaired) electrons. The third-order valence-electron chi connectivity index (χ3n) is 2.71. The van der Waals surface area contributed by atoms with Crippen LogP contribution in [0.5, 0.6) is 0 Å². The maximum atomic E-state index is 11.7. The Labute approximate surface area is 120 Å². The van der Waals surface area contributed by atoms with Crippen LogP contribution in [0.15, 0.2) is 24.3 Å². The van der Waals surface area contributed by atoms with Crippen molar-refractivity contribution >= 4 is 23.2 Å². The first kappa shape index (κ1) is 16.2. The average molecular weight is 277 g/mol. The molecular formula is C15H23N3O2.